The Bertz CT molecular complexity index is 760. The second kappa shape index (κ2) is 6.78. The Morgan fingerprint density at radius 1 is 0.870 bits per heavy atom. The van der Waals surface area contributed by atoms with Crippen molar-refractivity contribution in [3.8, 4) is 17.2 Å². The molecule has 124 valence electrons. The standard InChI is InChI=1S/C16H19NO5S/c1-11-5-7-12(8-6-11)17-23(18,19)16-14(21-3)9-13(20-2)10-15(16)22-4/h5-10,17H,1-4H3. The van der Waals surface area contributed by atoms with Crippen LogP contribution in [0.2, 0.25) is 0 Å². The van der Waals surface area contributed by atoms with Gasteiger partial charge in [-0.3, -0.25) is 4.72 Å². The summed E-state index contributed by atoms with van der Waals surface area (Å²) in [5, 5.41) is 0. The third-order valence-electron chi connectivity index (χ3n) is 3.24. The van der Waals surface area contributed by atoms with Gasteiger partial charge in [-0.25, -0.2) is 8.42 Å². The van der Waals surface area contributed by atoms with Crippen molar-refractivity contribution in [2.24, 2.45) is 0 Å². The Labute approximate surface area is 136 Å². The third kappa shape index (κ3) is 3.68. The minimum absolute atomic E-state index is 0.0797. The molecule has 0 fully saturated rings. The molecular weight excluding hydrogens is 318 g/mol. The van der Waals surface area contributed by atoms with Crippen molar-refractivity contribution in [1.82, 2.24) is 0 Å². The largest absolute Gasteiger partial charge is 0.496 e. The van der Waals surface area contributed by atoms with E-state index in [4.69, 9.17) is 14.2 Å². The van der Waals surface area contributed by atoms with E-state index in [0.29, 0.717) is 11.4 Å². The fourth-order valence-electron chi connectivity index (χ4n) is 2.07. The molecule has 2 rings (SSSR count). The first-order valence-electron chi connectivity index (χ1n) is 6.80. The summed E-state index contributed by atoms with van der Waals surface area (Å²) in [6.45, 7) is 1.92. The molecule has 2 aromatic carbocycles. The Kier molecular flexibility index (Phi) is 5.00. The fourth-order valence-corrected chi connectivity index (χ4v) is 3.43. The van der Waals surface area contributed by atoms with Crippen LogP contribution in [-0.4, -0.2) is 29.7 Å². The highest BCUT2D eigenvalue weighted by Gasteiger charge is 2.26. The number of methoxy groups -OCH3 is 3. The van der Waals surface area contributed by atoms with Crippen LogP contribution in [-0.2, 0) is 10.0 Å². The summed E-state index contributed by atoms with van der Waals surface area (Å²) < 4.78 is 43.5. The molecule has 0 amide bonds. The van der Waals surface area contributed by atoms with Gasteiger partial charge in [-0.1, -0.05) is 17.7 Å². The maximum absolute atomic E-state index is 12.7. The SMILES string of the molecule is COc1cc(OC)c(S(=O)(=O)Nc2ccc(C)cc2)c(OC)c1. The van der Waals surface area contributed by atoms with Gasteiger partial charge < -0.3 is 14.2 Å². The molecule has 0 unspecified atom stereocenters. The minimum atomic E-state index is -3.89. The second-order valence-electron chi connectivity index (χ2n) is 4.83. The molecular formula is C16H19NO5S. The quantitative estimate of drug-likeness (QED) is 0.877. The first kappa shape index (κ1) is 17.0. The van der Waals surface area contributed by atoms with Crippen molar-refractivity contribution < 1.29 is 22.6 Å². The number of ether oxygens (including phenoxy) is 3. The molecule has 0 atom stereocenters. The van der Waals surface area contributed by atoms with Gasteiger partial charge in [0.15, 0.2) is 4.90 Å². The molecule has 0 spiro atoms. The average molecular weight is 337 g/mol. The molecule has 0 aliphatic carbocycles. The van der Waals surface area contributed by atoms with Crippen LogP contribution in [0.25, 0.3) is 0 Å². The van der Waals surface area contributed by atoms with Crippen LogP contribution >= 0.6 is 0 Å². The Hall–Kier alpha value is -2.41. The van der Waals surface area contributed by atoms with Gasteiger partial charge in [0.25, 0.3) is 10.0 Å². The van der Waals surface area contributed by atoms with Crippen LogP contribution < -0.4 is 18.9 Å². The second-order valence-corrected chi connectivity index (χ2v) is 6.45. The number of nitrogens with one attached hydrogen (secondary N) is 1. The zero-order valence-electron chi connectivity index (χ0n) is 13.4. The summed E-state index contributed by atoms with van der Waals surface area (Å²) in [4.78, 5) is -0.0797. The maximum atomic E-state index is 12.7. The lowest BCUT2D eigenvalue weighted by Gasteiger charge is -2.16. The molecule has 0 aliphatic heterocycles. The Morgan fingerprint density at radius 3 is 1.83 bits per heavy atom. The van der Waals surface area contributed by atoms with E-state index < -0.39 is 10.0 Å². The van der Waals surface area contributed by atoms with Gasteiger partial charge in [0.05, 0.1) is 21.3 Å². The molecule has 23 heavy (non-hydrogen) atoms. The van der Waals surface area contributed by atoms with E-state index in [1.807, 2.05) is 19.1 Å². The van der Waals surface area contributed by atoms with Gasteiger partial charge in [0.2, 0.25) is 0 Å². The molecule has 0 aliphatic rings. The van der Waals surface area contributed by atoms with Crippen molar-refractivity contribution in [2.75, 3.05) is 26.1 Å². The fraction of sp³-hybridized carbons (Fsp3) is 0.250. The van der Waals surface area contributed by atoms with Gasteiger partial charge in [-0.2, -0.15) is 0 Å². The highest BCUT2D eigenvalue weighted by Crippen LogP contribution is 2.38. The molecule has 0 saturated heterocycles. The highest BCUT2D eigenvalue weighted by molar-refractivity contribution is 7.93. The molecule has 0 aromatic heterocycles. The predicted molar refractivity (Wildman–Crippen MR) is 88.1 cm³/mol. The number of rotatable bonds is 6. The van der Waals surface area contributed by atoms with Gasteiger partial charge >= 0.3 is 0 Å². The van der Waals surface area contributed by atoms with Crippen molar-refractivity contribution in [3.63, 3.8) is 0 Å². The number of hydrogen-bond acceptors (Lipinski definition) is 5. The lowest BCUT2D eigenvalue weighted by Crippen LogP contribution is -2.15. The van der Waals surface area contributed by atoms with Crippen LogP contribution in [0.4, 0.5) is 5.69 Å². The van der Waals surface area contributed by atoms with E-state index in [1.165, 1.54) is 33.5 Å². The van der Waals surface area contributed by atoms with E-state index in [9.17, 15) is 8.42 Å². The van der Waals surface area contributed by atoms with Gasteiger partial charge in [-0.15, -0.1) is 0 Å². The number of aryl methyl sites for hydroxylation is 1. The molecule has 7 heteroatoms. The first-order chi connectivity index (χ1) is 10.9. The van der Waals surface area contributed by atoms with Crippen molar-refractivity contribution in [3.05, 3.63) is 42.0 Å². The van der Waals surface area contributed by atoms with Gasteiger partial charge in [-0.05, 0) is 19.1 Å². The number of anilines is 1. The van der Waals surface area contributed by atoms with E-state index in [1.54, 1.807) is 12.1 Å². The van der Waals surface area contributed by atoms with Crippen LogP contribution in [0.3, 0.4) is 0 Å². The minimum Gasteiger partial charge on any atom is -0.496 e. The monoisotopic (exact) mass is 337 g/mol. The number of sulfonamides is 1. The lowest BCUT2D eigenvalue weighted by molar-refractivity contribution is 0.359. The molecule has 0 heterocycles. The topological polar surface area (TPSA) is 73.9 Å². The predicted octanol–water partition coefficient (Wildman–Crippen LogP) is 2.82. The van der Waals surface area contributed by atoms with E-state index in [2.05, 4.69) is 4.72 Å². The summed E-state index contributed by atoms with van der Waals surface area (Å²) in [6.07, 6.45) is 0. The molecule has 0 radical (unpaired) electrons. The van der Waals surface area contributed by atoms with Crippen molar-refractivity contribution in [1.29, 1.82) is 0 Å². The van der Waals surface area contributed by atoms with Crippen LogP contribution in [0.1, 0.15) is 5.56 Å². The number of hydrogen-bond donors (Lipinski definition) is 1. The maximum Gasteiger partial charge on any atom is 0.269 e. The molecule has 1 N–H and O–H groups in total. The van der Waals surface area contributed by atoms with Gasteiger partial charge in [0, 0.05) is 17.8 Å². The van der Waals surface area contributed by atoms with Crippen molar-refractivity contribution in [2.45, 2.75) is 11.8 Å². The van der Waals surface area contributed by atoms with Crippen LogP contribution in [0, 0.1) is 6.92 Å². The number of benzene rings is 2. The first-order valence-corrected chi connectivity index (χ1v) is 8.29. The van der Waals surface area contributed by atoms with Crippen LogP contribution in [0.5, 0.6) is 17.2 Å². The van der Waals surface area contributed by atoms with E-state index in [0.717, 1.165) is 5.56 Å². The normalized spacial score (nSPS) is 11.0. The molecule has 6 nitrogen and oxygen atoms in total. The highest BCUT2D eigenvalue weighted by atomic mass is 32.2. The summed E-state index contributed by atoms with van der Waals surface area (Å²) in [7, 11) is 0.363. The van der Waals surface area contributed by atoms with Gasteiger partial charge in [0.1, 0.15) is 17.2 Å². The third-order valence-corrected chi connectivity index (χ3v) is 4.69. The summed E-state index contributed by atoms with van der Waals surface area (Å²) >= 11 is 0. The summed E-state index contributed by atoms with van der Waals surface area (Å²) in [5.74, 6) is 0.717. The lowest BCUT2D eigenvalue weighted by atomic mass is 10.2. The van der Waals surface area contributed by atoms with E-state index in [-0.39, 0.29) is 16.4 Å². The Morgan fingerprint density at radius 2 is 1.39 bits per heavy atom. The zero-order chi connectivity index (χ0) is 17.0. The summed E-state index contributed by atoms with van der Waals surface area (Å²) in [5.41, 5.74) is 1.49. The molecule has 0 bridgehead atoms. The smallest absolute Gasteiger partial charge is 0.269 e. The zero-order valence-corrected chi connectivity index (χ0v) is 14.2. The van der Waals surface area contributed by atoms with Crippen LogP contribution in [0.15, 0.2) is 41.3 Å². The summed E-state index contributed by atoms with van der Waals surface area (Å²) in [6, 6.07) is 10.0. The Balaban J connectivity index is 2.51. The van der Waals surface area contributed by atoms with E-state index >= 15 is 0 Å². The van der Waals surface area contributed by atoms with Crippen molar-refractivity contribution >= 4 is 15.7 Å². The molecule has 0 saturated carbocycles. The average Bonchev–Trinajstić information content (AvgIpc) is 2.55. The molecule has 2 aromatic rings.